The number of rotatable bonds is 1. The van der Waals surface area contributed by atoms with E-state index < -0.39 is 5.41 Å². The summed E-state index contributed by atoms with van der Waals surface area (Å²) < 4.78 is 6.52. The Bertz CT molecular complexity index is 2780. The third-order valence-corrected chi connectivity index (χ3v) is 10.6. The van der Waals surface area contributed by atoms with Gasteiger partial charge in [0.15, 0.2) is 0 Å². The molecule has 0 saturated carbocycles. The summed E-state index contributed by atoms with van der Waals surface area (Å²) in [5.41, 5.74) is 23.5. The molecule has 3 heteroatoms. The molecule has 2 heterocycles. The van der Waals surface area contributed by atoms with Crippen LogP contribution in [0.2, 0.25) is 0 Å². The van der Waals surface area contributed by atoms with Crippen LogP contribution in [0.1, 0.15) is 22.3 Å². The molecule has 46 heavy (non-hydrogen) atoms. The lowest BCUT2D eigenvalue weighted by Gasteiger charge is -2.31. The lowest BCUT2D eigenvalue weighted by Crippen LogP contribution is -2.26. The minimum Gasteiger partial charge on any atom is -0.455 e. The molecule has 0 aliphatic heterocycles. The van der Waals surface area contributed by atoms with Crippen LogP contribution in [0.4, 0.5) is 5.69 Å². The molecular weight excluding hydrogens is 560 g/mol. The summed E-state index contributed by atoms with van der Waals surface area (Å²) in [4.78, 5) is 3.69. The Labute approximate surface area is 264 Å². The lowest BCUT2D eigenvalue weighted by atomic mass is 9.70. The number of furan rings is 1. The summed E-state index contributed by atoms with van der Waals surface area (Å²) in [7, 11) is 0. The molecule has 2 aliphatic carbocycles. The summed E-state index contributed by atoms with van der Waals surface area (Å²) >= 11 is 0. The first-order valence-electron chi connectivity index (χ1n) is 15.8. The second-order valence-electron chi connectivity index (χ2n) is 12.7. The molecule has 1 unspecified atom stereocenters. The predicted molar refractivity (Wildman–Crippen MR) is 189 cm³/mol. The molecule has 1 spiro atoms. The van der Waals surface area contributed by atoms with Crippen LogP contribution in [-0.2, 0) is 5.41 Å². The van der Waals surface area contributed by atoms with Crippen LogP contribution in [-0.4, -0.2) is 4.98 Å². The van der Waals surface area contributed by atoms with Crippen molar-refractivity contribution < 1.29 is 4.42 Å². The number of para-hydroxylation sites is 3. The first kappa shape index (κ1) is 24.3. The zero-order chi connectivity index (χ0) is 30.1. The molecule has 2 aromatic heterocycles. The Morgan fingerprint density at radius 3 is 2.20 bits per heavy atom. The number of nitrogens with two attached hydrogens (primary N) is 1. The van der Waals surface area contributed by atoms with Crippen molar-refractivity contribution in [1.29, 1.82) is 0 Å². The fourth-order valence-corrected chi connectivity index (χ4v) is 8.77. The minimum atomic E-state index is -0.518. The van der Waals surface area contributed by atoms with Gasteiger partial charge in [0.2, 0.25) is 0 Å². The monoisotopic (exact) mass is 586 g/mol. The van der Waals surface area contributed by atoms with E-state index in [-0.39, 0.29) is 0 Å². The number of H-pyrrole nitrogens is 1. The summed E-state index contributed by atoms with van der Waals surface area (Å²) in [5.74, 6) is 0. The van der Waals surface area contributed by atoms with Crippen LogP contribution >= 0.6 is 0 Å². The third kappa shape index (κ3) is 2.80. The zero-order valence-corrected chi connectivity index (χ0v) is 24.8. The molecule has 3 nitrogen and oxygen atoms in total. The first-order chi connectivity index (χ1) is 22.7. The van der Waals surface area contributed by atoms with Crippen molar-refractivity contribution >= 4 is 49.4 Å². The van der Waals surface area contributed by atoms with Crippen molar-refractivity contribution in [2.75, 3.05) is 5.73 Å². The number of hydrogen-bond donors (Lipinski definition) is 2. The van der Waals surface area contributed by atoms with Gasteiger partial charge in [-0.05, 0) is 86.5 Å². The van der Waals surface area contributed by atoms with Gasteiger partial charge in [-0.1, -0.05) is 103 Å². The zero-order valence-electron chi connectivity index (χ0n) is 24.8. The van der Waals surface area contributed by atoms with Gasteiger partial charge in [0.1, 0.15) is 11.2 Å². The molecule has 214 valence electrons. The van der Waals surface area contributed by atoms with Gasteiger partial charge in [0.25, 0.3) is 0 Å². The number of hydrogen-bond acceptors (Lipinski definition) is 2. The predicted octanol–water partition coefficient (Wildman–Crippen LogP) is 10.8. The molecule has 0 saturated heterocycles. The molecule has 0 bridgehead atoms. The van der Waals surface area contributed by atoms with E-state index in [1.165, 1.54) is 55.3 Å². The van der Waals surface area contributed by atoms with Gasteiger partial charge in [-0.15, -0.1) is 0 Å². The van der Waals surface area contributed by atoms with Crippen molar-refractivity contribution in [3.63, 3.8) is 0 Å². The van der Waals surface area contributed by atoms with Crippen molar-refractivity contribution in [2.45, 2.75) is 5.41 Å². The van der Waals surface area contributed by atoms with E-state index in [4.69, 9.17) is 10.2 Å². The van der Waals surface area contributed by atoms with Crippen LogP contribution in [0.3, 0.4) is 0 Å². The van der Waals surface area contributed by atoms with Crippen LogP contribution in [0.25, 0.3) is 77.1 Å². The fraction of sp³-hybridized carbons (Fsp3) is 0.0233. The molecule has 7 aromatic carbocycles. The molecular formula is C43H26N2O. The van der Waals surface area contributed by atoms with Crippen molar-refractivity contribution in [2.24, 2.45) is 0 Å². The van der Waals surface area contributed by atoms with Gasteiger partial charge < -0.3 is 15.1 Å². The van der Waals surface area contributed by atoms with Gasteiger partial charge in [-0.3, -0.25) is 0 Å². The number of aromatic amines is 1. The van der Waals surface area contributed by atoms with Crippen molar-refractivity contribution in [1.82, 2.24) is 4.98 Å². The summed E-state index contributed by atoms with van der Waals surface area (Å²) in [6, 6.07) is 50.5. The maximum atomic E-state index is 6.64. The Hall–Kier alpha value is -6.06. The average molecular weight is 587 g/mol. The summed E-state index contributed by atoms with van der Waals surface area (Å²) in [6.45, 7) is 0. The SMILES string of the molecule is Nc1ccc2c(c1)C1(c3ccccc3-c3ccc(-c4cccc5c4oc4ccccc45)cc31)c1ccc3[nH]c4ccccc4c3c1-2. The molecule has 0 radical (unpaired) electrons. The number of nitrogens with one attached hydrogen (secondary N) is 1. The highest BCUT2D eigenvalue weighted by atomic mass is 16.3. The maximum absolute atomic E-state index is 6.64. The van der Waals surface area contributed by atoms with E-state index in [1.807, 2.05) is 6.07 Å². The highest BCUT2D eigenvalue weighted by Gasteiger charge is 2.52. The summed E-state index contributed by atoms with van der Waals surface area (Å²) in [6.07, 6.45) is 0. The normalized spacial score (nSPS) is 16.0. The molecule has 2 aliphatic rings. The van der Waals surface area contributed by atoms with Gasteiger partial charge in [-0.2, -0.15) is 0 Å². The maximum Gasteiger partial charge on any atom is 0.143 e. The molecule has 0 fully saturated rings. The lowest BCUT2D eigenvalue weighted by molar-refractivity contribution is 0.670. The molecule has 11 rings (SSSR count). The van der Waals surface area contributed by atoms with Crippen LogP contribution in [0.5, 0.6) is 0 Å². The topological polar surface area (TPSA) is 54.9 Å². The Kier molecular flexibility index (Phi) is 4.41. The van der Waals surface area contributed by atoms with Gasteiger partial charge in [-0.25, -0.2) is 0 Å². The van der Waals surface area contributed by atoms with E-state index in [1.54, 1.807) is 0 Å². The smallest absolute Gasteiger partial charge is 0.143 e. The van der Waals surface area contributed by atoms with E-state index in [9.17, 15) is 0 Å². The number of nitrogen functional groups attached to an aromatic ring is 1. The Morgan fingerprint density at radius 1 is 0.500 bits per heavy atom. The van der Waals surface area contributed by atoms with Gasteiger partial charge >= 0.3 is 0 Å². The quantitative estimate of drug-likeness (QED) is 0.188. The van der Waals surface area contributed by atoms with E-state index in [2.05, 4.69) is 138 Å². The van der Waals surface area contributed by atoms with E-state index >= 15 is 0 Å². The first-order valence-corrected chi connectivity index (χ1v) is 15.8. The minimum absolute atomic E-state index is 0.518. The highest BCUT2D eigenvalue weighted by Crippen LogP contribution is 2.64. The number of fused-ring (bicyclic) bond motifs is 17. The highest BCUT2D eigenvalue weighted by molar-refractivity contribution is 6.18. The fourth-order valence-electron chi connectivity index (χ4n) is 8.77. The number of benzene rings is 7. The number of aromatic nitrogens is 1. The van der Waals surface area contributed by atoms with Crippen molar-refractivity contribution in [3.8, 4) is 33.4 Å². The molecule has 9 aromatic rings. The Morgan fingerprint density at radius 2 is 1.24 bits per heavy atom. The molecule has 0 amide bonds. The van der Waals surface area contributed by atoms with Crippen molar-refractivity contribution in [3.05, 3.63) is 162 Å². The van der Waals surface area contributed by atoms with Gasteiger partial charge in [0.05, 0.1) is 5.41 Å². The van der Waals surface area contributed by atoms with E-state index in [0.717, 1.165) is 49.8 Å². The standard InChI is InChI=1S/C43H26N2O/c44-25-17-19-31-36(23-25)43(34-20-21-38-41(40(31)34)32-10-2-5-14-37(32)45-38)33-13-4-1-8-27(33)28-18-16-24(22-35(28)43)26-11-7-12-30-29-9-3-6-15-39(29)46-42(26)30/h1-23,45H,44H2. The number of anilines is 1. The third-order valence-electron chi connectivity index (χ3n) is 10.6. The van der Waals surface area contributed by atoms with E-state index in [0.29, 0.717) is 0 Å². The second-order valence-corrected chi connectivity index (χ2v) is 12.7. The van der Waals surface area contributed by atoms with Crippen LogP contribution < -0.4 is 5.73 Å². The van der Waals surface area contributed by atoms with Gasteiger partial charge in [0, 0.05) is 43.8 Å². The Balaban J connectivity index is 1.28. The molecule has 3 N–H and O–H groups in total. The molecule has 1 atom stereocenters. The second kappa shape index (κ2) is 8.35. The average Bonchev–Trinajstić information content (AvgIpc) is 3.82. The van der Waals surface area contributed by atoms with Crippen LogP contribution in [0, 0.1) is 0 Å². The van der Waals surface area contributed by atoms with Crippen LogP contribution in [0.15, 0.2) is 144 Å². The largest absolute Gasteiger partial charge is 0.455 e. The summed E-state index contributed by atoms with van der Waals surface area (Å²) in [5, 5.41) is 4.79.